The lowest BCUT2D eigenvalue weighted by Crippen LogP contribution is -2.29. The van der Waals surface area contributed by atoms with E-state index in [4.69, 9.17) is 4.74 Å². The first-order valence-electron chi connectivity index (χ1n) is 7.76. The first-order valence-corrected chi connectivity index (χ1v) is 8.55. The van der Waals surface area contributed by atoms with Gasteiger partial charge in [-0.05, 0) is 62.4 Å². The van der Waals surface area contributed by atoms with E-state index in [0.29, 0.717) is 0 Å². The Morgan fingerprint density at radius 2 is 2.15 bits per heavy atom. The van der Waals surface area contributed by atoms with E-state index in [2.05, 4.69) is 34.7 Å². The lowest BCUT2D eigenvalue weighted by atomic mass is 9.89. The fraction of sp³-hybridized carbons (Fsp3) is 0.647. The zero-order valence-corrected chi connectivity index (χ0v) is 14.2. The Bertz CT molecular complexity index is 408. The molecule has 0 saturated carbocycles. The number of rotatable bonds is 5. The molecule has 1 atom stereocenters. The Morgan fingerprint density at radius 1 is 1.30 bits per heavy atom. The van der Waals surface area contributed by atoms with Crippen molar-refractivity contribution < 1.29 is 4.74 Å². The Morgan fingerprint density at radius 3 is 2.90 bits per heavy atom. The van der Waals surface area contributed by atoms with Gasteiger partial charge in [-0.2, -0.15) is 0 Å². The summed E-state index contributed by atoms with van der Waals surface area (Å²) in [7, 11) is 0. The number of benzene rings is 1. The number of halogens is 1. The predicted molar refractivity (Wildman–Crippen MR) is 88.3 cm³/mol. The van der Waals surface area contributed by atoms with Crippen LogP contribution in [0.4, 0.5) is 0 Å². The number of hydrogen-bond acceptors (Lipinski definition) is 2. The van der Waals surface area contributed by atoms with Crippen LogP contribution in [0.3, 0.4) is 0 Å². The van der Waals surface area contributed by atoms with Gasteiger partial charge in [-0.3, -0.25) is 4.90 Å². The fourth-order valence-corrected chi connectivity index (χ4v) is 3.30. The van der Waals surface area contributed by atoms with E-state index in [9.17, 15) is 0 Å². The maximum atomic E-state index is 5.83. The van der Waals surface area contributed by atoms with Crippen molar-refractivity contribution in [3.63, 3.8) is 0 Å². The van der Waals surface area contributed by atoms with Crippen molar-refractivity contribution in [2.75, 3.05) is 26.2 Å². The zero-order chi connectivity index (χ0) is 14.4. The largest absolute Gasteiger partial charge is 0.492 e. The third kappa shape index (κ3) is 5.10. The van der Waals surface area contributed by atoms with Gasteiger partial charge in [0.2, 0.25) is 0 Å². The second-order valence-electron chi connectivity index (χ2n) is 6.08. The molecule has 1 unspecified atom stereocenters. The predicted octanol–water partition coefficient (Wildman–Crippen LogP) is 4.59. The summed E-state index contributed by atoms with van der Waals surface area (Å²) in [5, 5.41) is 0. The van der Waals surface area contributed by atoms with E-state index >= 15 is 0 Å². The van der Waals surface area contributed by atoms with Crippen LogP contribution in [0.25, 0.3) is 0 Å². The van der Waals surface area contributed by atoms with Crippen LogP contribution in [0.5, 0.6) is 5.75 Å². The molecule has 1 aliphatic rings. The lowest BCUT2D eigenvalue weighted by molar-refractivity contribution is 0.210. The summed E-state index contributed by atoms with van der Waals surface area (Å²) in [6.45, 7) is 8.99. The molecular weight excluding hydrogens is 314 g/mol. The molecule has 1 aromatic rings. The summed E-state index contributed by atoms with van der Waals surface area (Å²) >= 11 is 3.47. The van der Waals surface area contributed by atoms with Crippen LogP contribution in [-0.2, 0) is 0 Å². The minimum Gasteiger partial charge on any atom is -0.492 e. The van der Waals surface area contributed by atoms with Crippen LogP contribution in [0, 0.1) is 11.8 Å². The first kappa shape index (κ1) is 15.8. The number of hydrogen-bond donors (Lipinski definition) is 0. The quantitative estimate of drug-likeness (QED) is 0.778. The SMILES string of the molecule is CC(C)C1CCCN(CCOc2cccc(Br)c2)CC1. The van der Waals surface area contributed by atoms with Crippen LogP contribution < -0.4 is 4.74 Å². The molecule has 0 bridgehead atoms. The smallest absolute Gasteiger partial charge is 0.120 e. The Kier molecular flexibility index (Phi) is 6.37. The van der Waals surface area contributed by atoms with Crippen molar-refractivity contribution in [2.45, 2.75) is 33.1 Å². The average molecular weight is 340 g/mol. The van der Waals surface area contributed by atoms with E-state index in [1.54, 1.807) is 0 Å². The molecule has 0 N–H and O–H groups in total. The molecule has 3 heteroatoms. The molecule has 20 heavy (non-hydrogen) atoms. The Hall–Kier alpha value is -0.540. The summed E-state index contributed by atoms with van der Waals surface area (Å²) in [6, 6.07) is 8.07. The van der Waals surface area contributed by atoms with Gasteiger partial charge in [0.1, 0.15) is 12.4 Å². The highest BCUT2D eigenvalue weighted by molar-refractivity contribution is 9.10. The minimum absolute atomic E-state index is 0.781. The molecular formula is C17H26BrNO. The minimum atomic E-state index is 0.781. The molecule has 1 fully saturated rings. The van der Waals surface area contributed by atoms with Gasteiger partial charge >= 0.3 is 0 Å². The fourth-order valence-electron chi connectivity index (χ4n) is 2.92. The van der Waals surface area contributed by atoms with Crippen molar-refractivity contribution in [3.05, 3.63) is 28.7 Å². The molecule has 2 nitrogen and oxygen atoms in total. The Balaban J connectivity index is 1.72. The summed E-state index contributed by atoms with van der Waals surface area (Å²) in [6.07, 6.45) is 4.06. The highest BCUT2D eigenvalue weighted by Crippen LogP contribution is 2.24. The van der Waals surface area contributed by atoms with Crippen LogP contribution in [0.2, 0.25) is 0 Å². The zero-order valence-electron chi connectivity index (χ0n) is 12.6. The van der Waals surface area contributed by atoms with Gasteiger partial charge in [0.05, 0.1) is 0 Å². The van der Waals surface area contributed by atoms with Crippen molar-refractivity contribution in [3.8, 4) is 5.75 Å². The van der Waals surface area contributed by atoms with Crippen molar-refractivity contribution in [2.24, 2.45) is 11.8 Å². The van der Waals surface area contributed by atoms with E-state index in [1.165, 1.54) is 32.4 Å². The molecule has 1 saturated heterocycles. The van der Waals surface area contributed by atoms with E-state index in [1.807, 2.05) is 24.3 Å². The normalized spacial score (nSPS) is 20.9. The summed E-state index contributed by atoms with van der Waals surface area (Å²) in [4.78, 5) is 2.56. The summed E-state index contributed by atoms with van der Waals surface area (Å²) in [5.41, 5.74) is 0. The summed E-state index contributed by atoms with van der Waals surface area (Å²) < 4.78 is 6.91. The molecule has 1 heterocycles. The van der Waals surface area contributed by atoms with Crippen LogP contribution in [0.1, 0.15) is 33.1 Å². The molecule has 1 aliphatic heterocycles. The maximum absolute atomic E-state index is 5.83. The third-order valence-corrected chi connectivity index (χ3v) is 4.77. The molecule has 0 aliphatic carbocycles. The number of ether oxygens (including phenoxy) is 1. The van der Waals surface area contributed by atoms with Crippen LogP contribution in [-0.4, -0.2) is 31.1 Å². The molecule has 0 amide bonds. The number of likely N-dealkylation sites (tertiary alicyclic amines) is 1. The van der Waals surface area contributed by atoms with E-state index in [-0.39, 0.29) is 0 Å². The van der Waals surface area contributed by atoms with Crippen molar-refractivity contribution in [1.82, 2.24) is 4.90 Å². The first-order chi connectivity index (χ1) is 9.65. The van der Waals surface area contributed by atoms with Crippen molar-refractivity contribution >= 4 is 15.9 Å². The van der Waals surface area contributed by atoms with E-state index < -0.39 is 0 Å². The second-order valence-corrected chi connectivity index (χ2v) is 7.00. The maximum Gasteiger partial charge on any atom is 0.120 e. The van der Waals surface area contributed by atoms with Gasteiger partial charge in [-0.25, -0.2) is 0 Å². The molecule has 0 radical (unpaired) electrons. The number of nitrogens with zero attached hydrogens (tertiary/aromatic N) is 1. The highest BCUT2D eigenvalue weighted by atomic mass is 79.9. The highest BCUT2D eigenvalue weighted by Gasteiger charge is 2.19. The van der Waals surface area contributed by atoms with Gasteiger partial charge < -0.3 is 4.74 Å². The lowest BCUT2D eigenvalue weighted by Gasteiger charge is -2.21. The molecule has 0 aromatic heterocycles. The second kappa shape index (κ2) is 8.04. The molecule has 0 spiro atoms. The van der Waals surface area contributed by atoms with Crippen molar-refractivity contribution in [1.29, 1.82) is 0 Å². The van der Waals surface area contributed by atoms with Gasteiger partial charge in [-0.1, -0.05) is 35.8 Å². The molecule has 112 valence electrons. The van der Waals surface area contributed by atoms with Gasteiger partial charge in [0.15, 0.2) is 0 Å². The van der Waals surface area contributed by atoms with Crippen LogP contribution in [0.15, 0.2) is 28.7 Å². The van der Waals surface area contributed by atoms with E-state index in [0.717, 1.165) is 35.2 Å². The Labute approximate surface area is 131 Å². The van der Waals surface area contributed by atoms with Gasteiger partial charge in [-0.15, -0.1) is 0 Å². The average Bonchev–Trinajstić information content (AvgIpc) is 2.64. The molecule has 1 aromatic carbocycles. The van der Waals surface area contributed by atoms with Gasteiger partial charge in [0.25, 0.3) is 0 Å². The van der Waals surface area contributed by atoms with Crippen LogP contribution >= 0.6 is 15.9 Å². The standard InChI is InChI=1S/C17H26BrNO/c1-14(2)15-5-4-9-19(10-8-15)11-12-20-17-7-3-6-16(18)13-17/h3,6-7,13-15H,4-5,8-12H2,1-2H3. The topological polar surface area (TPSA) is 12.5 Å². The summed E-state index contributed by atoms with van der Waals surface area (Å²) in [5.74, 6) is 2.69. The monoisotopic (exact) mass is 339 g/mol. The third-order valence-electron chi connectivity index (χ3n) is 4.28. The van der Waals surface area contributed by atoms with Gasteiger partial charge in [0, 0.05) is 11.0 Å². The molecule has 2 rings (SSSR count).